The van der Waals surface area contributed by atoms with Gasteiger partial charge in [0.2, 0.25) is 0 Å². The Balaban J connectivity index is 1.76. The van der Waals surface area contributed by atoms with Crippen LogP contribution in [0.5, 0.6) is 11.5 Å². The first kappa shape index (κ1) is 22.3. The van der Waals surface area contributed by atoms with Crippen LogP contribution in [0, 0.1) is 0 Å². The number of thioether (sulfide) groups is 1. The molecular weight excluding hydrogens is 442 g/mol. The van der Waals surface area contributed by atoms with Crippen molar-refractivity contribution in [1.82, 2.24) is 4.90 Å². The van der Waals surface area contributed by atoms with Crippen LogP contribution >= 0.6 is 24.0 Å². The fourth-order valence-corrected chi connectivity index (χ4v) is 4.03. The molecule has 1 saturated heterocycles. The molecule has 10 heteroatoms. The number of carboxylic acid groups (broad SMARTS) is 2. The van der Waals surface area contributed by atoms with Crippen molar-refractivity contribution in [2.45, 2.75) is 6.61 Å². The molecule has 0 bridgehead atoms. The van der Waals surface area contributed by atoms with Gasteiger partial charge in [-0.25, -0.2) is 4.79 Å². The van der Waals surface area contributed by atoms with E-state index in [2.05, 4.69) is 0 Å². The molecule has 1 aliphatic rings. The Morgan fingerprint density at radius 3 is 2.61 bits per heavy atom. The number of thiocarbonyl (C=S) groups is 1. The third-order valence-electron chi connectivity index (χ3n) is 4.22. The summed E-state index contributed by atoms with van der Waals surface area (Å²) < 4.78 is 11.3. The normalized spacial score (nSPS) is 14.7. The number of amides is 1. The van der Waals surface area contributed by atoms with Crippen LogP contribution in [0.1, 0.15) is 21.5 Å². The Hall–Kier alpha value is -3.37. The average Bonchev–Trinajstić information content (AvgIpc) is 2.99. The van der Waals surface area contributed by atoms with E-state index in [1.807, 2.05) is 0 Å². The SMILES string of the molecule is COc1cc(/C=C2/SC(=S)N(CC(=O)O)C2=O)ccc1OCc1cccc(C(=O)O)c1. The van der Waals surface area contributed by atoms with E-state index in [1.165, 1.54) is 19.2 Å². The minimum absolute atomic E-state index is 0.144. The highest BCUT2D eigenvalue weighted by Gasteiger charge is 2.33. The number of hydrogen-bond donors (Lipinski definition) is 2. The molecule has 2 aromatic carbocycles. The van der Waals surface area contributed by atoms with Crippen molar-refractivity contribution in [3.05, 3.63) is 64.1 Å². The van der Waals surface area contributed by atoms with Gasteiger partial charge in [-0.3, -0.25) is 14.5 Å². The largest absolute Gasteiger partial charge is 0.493 e. The third kappa shape index (κ3) is 5.41. The predicted octanol–water partition coefficient (Wildman–Crippen LogP) is 3.26. The van der Waals surface area contributed by atoms with Gasteiger partial charge in [0.15, 0.2) is 11.5 Å². The molecule has 0 atom stereocenters. The van der Waals surface area contributed by atoms with Gasteiger partial charge in [-0.1, -0.05) is 42.2 Å². The van der Waals surface area contributed by atoms with Crippen LogP contribution in [-0.2, 0) is 16.2 Å². The van der Waals surface area contributed by atoms with Gasteiger partial charge in [-0.2, -0.15) is 0 Å². The number of carbonyl (C=O) groups is 3. The second-order valence-electron chi connectivity index (χ2n) is 6.37. The van der Waals surface area contributed by atoms with Crippen molar-refractivity contribution >= 4 is 52.2 Å². The Bertz CT molecular complexity index is 1100. The molecule has 31 heavy (non-hydrogen) atoms. The Kier molecular flexibility index (Phi) is 6.93. The summed E-state index contributed by atoms with van der Waals surface area (Å²) in [5, 5.41) is 18.0. The molecule has 1 heterocycles. The highest BCUT2D eigenvalue weighted by molar-refractivity contribution is 8.26. The summed E-state index contributed by atoms with van der Waals surface area (Å²) in [6.45, 7) is -0.341. The fourth-order valence-electron chi connectivity index (χ4n) is 2.77. The summed E-state index contributed by atoms with van der Waals surface area (Å²) in [7, 11) is 1.48. The molecule has 1 amide bonds. The zero-order valence-electron chi connectivity index (χ0n) is 16.2. The molecule has 1 aliphatic heterocycles. The first-order valence-electron chi connectivity index (χ1n) is 8.88. The number of ether oxygens (including phenoxy) is 2. The highest BCUT2D eigenvalue weighted by atomic mass is 32.2. The van der Waals surface area contributed by atoms with Crippen molar-refractivity contribution in [3.63, 3.8) is 0 Å². The number of carbonyl (C=O) groups excluding carboxylic acids is 1. The second kappa shape index (κ2) is 9.63. The topological polar surface area (TPSA) is 113 Å². The average molecular weight is 460 g/mol. The predicted molar refractivity (Wildman–Crippen MR) is 118 cm³/mol. The maximum atomic E-state index is 12.4. The number of hydrogen-bond acceptors (Lipinski definition) is 7. The van der Waals surface area contributed by atoms with E-state index in [4.69, 9.17) is 31.9 Å². The summed E-state index contributed by atoms with van der Waals surface area (Å²) >= 11 is 6.12. The number of rotatable bonds is 8. The number of carboxylic acids is 2. The minimum atomic E-state index is -1.14. The molecule has 160 valence electrons. The van der Waals surface area contributed by atoms with Crippen molar-refractivity contribution in [1.29, 1.82) is 0 Å². The minimum Gasteiger partial charge on any atom is -0.493 e. The number of nitrogens with zero attached hydrogens (tertiary/aromatic N) is 1. The zero-order chi connectivity index (χ0) is 22.5. The van der Waals surface area contributed by atoms with E-state index in [0.29, 0.717) is 27.5 Å². The summed E-state index contributed by atoms with van der Waals surface area (Å²) in [6, 6.07) is 11.5. The van der Waals surface area contributed by atoms with E-state index < -0.39 is 24.4 Å². The van der Waals surface area contributed by atoms with Crippen LogP contribution in [0.15, 0.2) is 47.4 Å². The highest BCUT2D eigenvalue weighted by Crippen LogP contribution is 2.34. The lowest BCUT2D eigenvalue weighted by atomic mass is 10.1. The molecule has 3 rings (SSSR count). The quantitative estimate of drug-likeness (QED) is 0.453. The maximum absolute atomic E-state index is 12.4. The van der Waals surface area contributed by atoms with Gasteiger partial charge in [0.25, 0.3) is 5.91 Å². The maximum Gasteiger partial charge on any atom is 0.335 e. The molecule has 2 N–H and O–H groups in total. The van der Waals surface area contributed by atoms with Crippen molar-refractivity contribution in [2.75, 3.05) is 13.7 Å². The number of methoxy groups -OCH3 is 1. The molecular formula is C21H17NO7S2. The molecule has 0 unspecified atom stereocenters. The summed E-state index contributed by atoms with van der Waals surface area (Å²) in [5.74, 6) is -1.76. The van der Waals surface area contributed by atoms with Crippen LogP contribution in [-0.4, -0.2) is 50.9 Å². The lowest BCUT2D eigenvalue weighted by Crippen LogP contribution is -2.33. The van der Waals surface area contributed by atoms with Gasteiger partial charge in [0.05, 0.1) is 17.6 Å². The van der Waals surface area contributed by atoms with Gasteiger partial charge in [0.1, 0.15) is 17.5 Å². The number of benzene rings is 2. The number of aromatic carboxylic acids is 1. The first-order chi connectivity index (χ1) is 14.8. The molecule has 0 aliphatic carbocycles. The number of aliphatic carboxylic acids is 1. The lowest BCUT2D eigenvalue weighted by Gasteiger charge is -2.12. The van der Waals surface area contributed by atoms with E-state index in [1.54, 1.807) is 36.4 Å². The molecule has 0 saturated carbocycles. The van der Waals surface area contributed by atoms with Crippen LogP contribution in [0.2, 0.25) is 0 Å². The van der Waals surface area contributed by atoms with Crippen LogP contribution < -0.4 is 9.47 Å². The second-order valence-corrected chi connectivity index (χ2v) is 8.04. The molecule has 8 nitrogen and oxygen atoms in total. The summed E-state index contributed by atoms with van der Waals surface area (Å²) in [4.78, 5) is 35.7. The van der Waals surface area contributed by atoms with Crippen molar-refractivity contribution in [3.8, 4) is 11.5 Å². The van der Waals surface area contributed by atoms with Gasteiger partial charge < -0.3 is 19.7 Å². The standard InChI is InChI=1S/C21H17NO7S2/c1-28-16-8-12(9-17-19(25)22(10-18(23)24)21(30)31-17)5-6-15(16)29-11-13-3-2-4-14(7-13)20(26)27/h2-9H,10-11H2,1H3,(H,23,24)(H,26,27)/b17-9+. The zero-order valence-corrected chi connectivity index (χ0v) is 17.9. The molecule has 0 radical (unpaired) electrons. The van der Waals surface area contributed by atoms with Gasteiger partial charge in [-0.15, -0.1) is 0 Å². The van der Waals surface area contributed by atoms with E-state index >= 15 is 0 Å². The van der Waals surface area contributed by atoms with E-state index in [0.717, 1.165) is 16.7 Å². The van der Waals surface area contributed by atoms with Crippen LogP contribution in [0.25, 0.3) is 6.08 Å². The van der Waals surface area contributed by atoms with Gasteiger partial charge in [0, 0.05) is 0 Å². The fraction of sp³-hybridized carbons (Fsp3) is 0.143. The molecule has 1 fully saturated rings. The molecule has 2 aromatic rings. The van der Waals surface area contributed by atoms with E-state index in [9.17, 15) is 14.4 Å². The molecule has 0 aromatic heterocycles. The Morgan fingerprint density at radius 1 is 1.16 bits per heavy atom. The van der Waals surface area contributed by atoms with Crippen molar-refractivity contribution < 1.29 is 34.1 Å². The van der Waals surface area contributed by atoms with Crippen molar-refractivity contribution in [2.24, 2.45) is 0 Å². The Morgan fingerprint density at radius 2 is 1.94 bits per heavy atom. The van der Waals surface area contributed by atoms with Crippen LogP contribution in [0.4, 0.5) is 0 Å². The van der Waals surface area contributed by atoms with Gasteiger partial charge in [-0.05, 0) is 41.5 Å². The van der Waals surface area contributed by atoms with Gasteiger partial charge >= 0.3 is 11.9 Å². The third-order valence-corrected chi connectivity index (χ3v) is 5.60. The first-order valence-corrected chi connectivity index (χ1v) is 10.1. The monoisotopic (exact) mass is 459 g/mol. The van der Waals surface area contributed by atoms with Crippen LogP contribution in [0.3, 0.4) is 0 Å². The smallest absolute Gasteiger partial charge is 0.335 e. The Labute approximate surface area is 187 Å². The molecule has 0 spiro atoms. The summed E-state index contributed by atoms with van der Waals surface area (Å²) in [5.41, 5.74) is 1.50. The lowest BCUT2D eigenvalue weighted by molar-refractivity contribution is -0.140. The summed E-state index contributed by atoms with van der Waals surface area (Å²) in [6.07, 6.45) is 1.60. The van der Waals surface area contributed by atoms with E-state index in [-0.39, 0.29) is 16.5 Å².